The Bertz CT molecular complexity index is 227. The molecule has 1 rings (SSSR count). The van der Waals surface area contributed by atoms with Crippen molar-refractivity contribution in [2.24, 2.45) is 5.73 Å². The quantitative estimate of drug-likeness (QED) is 0.545. The van der Waals surface area contributed by atoms with Gasteiger partial charge in [-0.1, -0.05) is 6.08 Å². The van der Waals surface area contributed by atoms with E-state index in [1.807, 2.05) is 0 Å². The van der Waals surface area contributed by atoms with Crippen LogP contribution in [0.15, 0.2) is 12.2 Å². The molecule has 13 heavy (non-hydrogen) atoms. The molecule has 0 spiro atoms. The van der Waals surface area contributed by atoms with Crippen molar-refractivity contribution in [1.82, 2.24) is 0 Å². The highest BCUT2D eigenvalue weighted by Gasteiger charge is 2.36. The van der Waals surface area contributed by atoms with Gasteiger partial charge in [0.25, 0.3) is 0 Å². The van der Waals surface area contributed by atoms with E-state index in [2.05, 4.69) is 0 Å². The first-order valence-corrected chi connectivity index (χ1v) is 4.38. The number of allylic oxidation sites excluding steroid dienone is 1. The standard InChI is InChI=1S/C9H15NO3/c10-7(6-11)5-9(13)4-2-1-3-8(9)12/h1,3,7,11,13H,2,4-6,10H2/t7-,9+/m0/s1. The van der Waals surface area contributed by atoms with Crippen molar-refractivity contribution in [3.05, 3.63) is 12.2 Å². The van der Waals surface area contributed by atoms with Gasteiger partial charge in [-0.2, -0.15) is 0 Å². The minimum Gasteiger partial charge on any atom is -0.395 e. The Hall–Kier alpha value is -0.710. The van der Waals surface area contributed by atoms with Crippen LogP contribution < -0.4 is 5.73 Å². The summed E-state index contributed by atoms with van der Waals surface area (Å²) in [6.45, 7) is -0.209. The molecular weight excluding hydrogens is 170 g/mol. The molecule has 4 heteroatoms. The lowest BCUT2D eigenvalue weighted by Crippen LogP contribution is -2.45. The van der Waals surface area contributed by atoms with E-state index in [9.17, 15) is 9.90 Å². The average molecular weight is 185 g/mol. The number of nitrogens with two attached hydrogens (primary N) is 1. The SMILES string of the molecule is N[C@H](CO)C[C@]1(O)CCC=CC1=O. The Kier molecular flexibility index (Phi) is 3.19. The lowest BCUT2D eigenvalue weighted by Gasteiger charge is -2.29. The molecule has 1 aliphatic carbocycles. The Morgan fingerprint density at radius 2 is 2.38 bits per heavy atom. The molecule has 0 aromatic heterocycles. The van der Waals surface area contributed by atoms with Crippen molar-refractivity contribution in [3.63, 3.8) is 0 Å². The van der Waals surface area contributed by atoms with Crippen molar-refractivity contribution in [1.29, 1.82) is 0 Å². The summed E-state index contributed by atoms with van der Waals surface area (Å²) < 4.78 is 0. The molecule has 0 bridgehead atoms. The molecule has 0 fully saturated rings. The molecule has 2 atom stereocenters. The summed E-state index contributed by atoms with van der Waals surface area (Å²) in [5.41, 5.74) is 4.11. The Balaban J connectivity index is 2.64. The molecule has 1 aliphatic rings. The number of aliphatic hydroxyl groups is 2. The Morgan fingerprint density at radius 1 is 1.69 bits per heavy atom. The van der Waals surface area contributed by atoms with Crippen molar-refractivity contribution < 1.29 is 15.0 Å². The molecule has 0 amide bonds. The van der Waals surface area contributed by atoms with Gasteiger partial charge in [-0.05, 0) is 18.9 Å². The van der Waals surface area contributed by atoms with Gasteiger partial charge in [-0.15, -0.1) is 0 Å². The highest BCUT2D eigenvalue weighted by Crippen LogP contribution is 2.24. The zero-order valence-electron chi connectivity index (χ0n) is 7.44. The second kappa shape index (κ2) is 4.00. The molecule has 0 unspecified atom stereocenters. The number of carbonyl (C=O) groups is 1. The van der Waals surface area contributed by atoms with E-state index in [-0.39, 0.29) is 18.8 Å². The molecule has 0 aliphatic heterocycles. The topological polar surface area (TPSA) is 83.6 Å². The van der Waals surface area contributed by atoms with Crippen LogP contribution in [0.5, 0.6) is 0 Å². The lowest BCUT2D eigenvalue weighted by molar-refractivity contribution is -0.135. The predicted octanol–water partition coefficient (Wildman–Crippen LogP) is -0.654. The summed E-state index contributed by atoms with van der Waals surface area (Å²) in [5, 5.41) is 18.6. The van der Waals surface area contributed by atoms with Crippen LogP contribution in [0.4, 0.5) is 0 Å². The molecule has 0 aromatic carbocycles. The largest absolute Gasteiger partial charge is 0.395 e. The highest BCUT2D eigenvalue weighted by molar-refractivity contribution is 5.97. The van der Waals surface area contributed by atoms with E-state index in [0.717, 1.165) is 0 Å². The molecule has 4 nitrogen and oxygen atoms in total. The molecule has 0 saturated carbocycles. The Morgan fingerprint density at radius 3 is 2.92 bits per heavy atom. The number of carbonyl (C=O) groups excluding carboxylic acids is 1. The molecule has 0 saturated heterocycles. The first kappa shape index (κ1) is 10.4. The van der Waals surface area contributed by atoms with Gasteiger partial charge in [0.2, 0.25) is 0 Å². The van der Waals surface area contributed by atoms with Crippen LogP contribution in [-0.4, -0.2) is 34.2 Å². The van der Waals surface area contributed by atoms with Crippen LogP contribution in [0.25, 0.3) is 0 Å². The fourth-order valence-electron chi connectivity index (χ4n) is 1.49. The number of hydrogen-bond donors (Lipinski definition) is 3. The maximum absolute atomic E-state index is 11.3. The zero-order valence-corrected chi connectivity index (χ0v) is 7.44. The number of hydrogen-bond acceptors (Lipinski definition) is 4. The lowest BCUT2D eigenvalue weighted by atomic mass is 9.83. The van der Waals surface area contributed by atoms with Crippen molar-refractivity contribution in [2.45, 2.75) is 30.9 Å². The van der Waals surface area contributed by atoms with Crippen LogP contribution in [0, 0.1) is 0 Å². The van der Waals surface area contributed by atoms with E-state index in [0.29, 0.717) is 12.8 Å². The number of aliphatic hydroxyl groups excluding tert-OH is 1. The molecule has 4 N–H and O–H groups in total. The van der Waals surface area contributed by atoms with Crippen LogP contribution in [0.3, 0.4) is 0 Å². The van der Waals surface area contributed by atoms with E-state index < -0.39 is 11.6 Å². The second-order valence-corrected chi connectivity index (χ2v) is 3.48. The maximum atomic E-state index is 11.3. The first-order valence-electron chi connectivity index (χ1n) is 4.38. The molecular formula is C9H15NO3. The van der Waals surface area contributed by atoms with Gasteiger partial charge in [0.05, 0.1) is 6.61 Å². The fraction of sp³-hybridized carbons (Fsp3) is 0.667. The minimum atomic E-state index is -1.35. The normalized spacial score (nSPS) is 30.5. The monoisotopic (exact) mass is 185 g/mol. The summed E-state index contributed by atoms with van der Waals surface area (Å²) in [6.07, 6.45) is 4.33. The van der Waals surface area contributed by atoms with Crippen LogP contribution in [-0.2, 0) is 4.79 Å². The van der Waals surface area contributed by atoms with Gasteiger partial charge < -0.3 is 15.9 Å². The third-order valence-electron chi connectivity index (χ3n) is 2.29. The summed E-state index contributed by atoms with van der Waals surface area (Å²) in [4.78, 5) is 11.3. The van der Waals surface area contributed by atoms with Gasteiger partial charge >= 0.3 is 0 Å². The molecule has 0 radical (unpaired) electrons. The molecule has 0 heterocycles. The summed E-state index contributed by atoms with van der Waals surface area (Å²) >= 11 is 0. The average Bonchev–Trinajstić information content (AvgIpc) is 2.10. The van der Waals surface area contributed by atoms with E-state index in [4.69, 9.17) is 10.8 Å². The highest BCUT2D eigenvalue weighted by atomic mass is 16.3. The van der Waals surface area contributed by atoms with Gasteiger partial charge in [0.1, 0.15) is 5.60 Å². The summed E-state index contributed by atoms with van der Waals surface area (Å²) in [7, 11) is 0. The number of rotatable bonds is 3. The summed E-state index contributed by atoms with van der Waals surface area (Å²) in [5.74, 6) is -0.303. The Labute approximate surface area is 77.1 Å². The second-order valence-electron chi connectivity index (χ2n) is 3.48. The van der Waals surface area contributed by atoms with E-state index in [1.54, 1.807) is 6.08 Å². The van der Waals surface area contributed by atoms with Crippen molar-refractivity contribution in [2.75, 3.05) is 6.61 Å². The van der Waals surface area contributed by atoms with Gasteiger partial charge in [-0.25, -0.2) is 0 Å². The molecule has 0 aromatic rings. The first-order chi connectivity index (χ1) is 6.08. The molecule has 74 valence electrons. The number of ketones is 1. The van der Waals surface area contributed by atoms with Crippen molar-refractivity contribution in [3.8, 4) is 0 Å². The van der Waals surface area contributed by atoms with Gasteiger partial charge in [-0.3, -0.25) is 4.79 Å². The van der Waals surface area contributed by atoms with Crippen LogP contribution in [0.1, 0.15) is 19.3 Å². The van der Waals surface area contributed by atoms with E-state index >= 15 is 0 Å². The van der Waals surface area contributed by atoms with Gasteiger partial charge in [0.15, 0.2) is 5.78 Å². The predicted molar refractivity (Wildman–Crippen MR) is 48.0 cm³/mol. The van der Waals surface area contributed by atoms with Crippen LogP contribution >= 0.6 is 0 Å². The smallest absolute Gasteiger partial charge is 0.186 e. The van der Waals surface area contributed by atoms with Crippen molar-refractivity contribution >= 4 is 5.78 Å². The van der Waals surface area contributed by atoms with E-state index in [1.165, 1.54) is 6.08 Å². The van der Waals surface area contributed by atoms with Crippen LogP contribution in [0.2, 0.25) is 0 Å². The minimum absolute atomic E-state index is 0.132. The zero-order chi connectivity index (χ0) is 9.90. The fourth-order valence-corrected chi connectivity index (χ4v) is 1.49. The third kappa shape index (κ3) is 2.37. The van der Waals surface area contributed by atoms with Gasteiger partial charge in [0, 0.05) is 12.5 Å². The summed E-state index contributed by atoms with van der Waals surface area (Å²) in [6, 6.07) is -0.527. The maximum Gasteiger partial charge on any atom is 0.186 e. The third-order valence-corrected chi connectivity index (χ3v) is 2.29.